The Morgan fingerprint density at radius 1 is 0.615 bits per heavy atom. The van der Waals surface area contributed by atoms with E-state index in [-0.39, 0.29) is 0 Å². The number of aliphatic hydroxyl groups is 1. The molecule has 0 amide bonds. The minimum Gasteiger partial charge on any atom is -0.369 e. The van der Waals surface area contributed by atoms with Gasteiger partial charge in [0.2, 0.25) is 0 Å². The summed E-state index contributed by atoms with van der Waals surface area (Å²) in [5.41, 5.74) is 14.4. The van der Waals surface area contributed by atoms with Crippen molar-refractivity contribution in [1.29, 1.82) is 0 Å². The van der Waals surface area contributed by atoms with Crippen molar-refractivity contribution in [2.24, 2.45) is 0 Å². The molecular formula is C37H31NO. The zero-order chi connectivity index (χ0) is 25.9. The molecule has 3 unspecified atom stereocenters. The maximum atomic E-state index is 11.5. The zero-order valence-electron chi connectivity index (χ0n) is 21.9. The predicted molar refractivity (Wildman–Crippen MR) is 159 cm³/mol. The van der Waals surface area contributed by atoms with Gasteiger partial charge in [-0.15, -0.1) is 0 Å². The smallest absolute Gasteiger partial charge is 0.157 e. The minimum atomic E-state index is -0.679. The monoisotopic (exact) mass is 505 g/mol. The van der Waals surface area contributed by atoms with E-state index in [4.69, 9.17) is 0 Å². The Kier molecular flexibility index (Phi) is 5.24. The number of benzene rings is 3. The summed E-state index contributed by atoms with van der Waals surface area (Å²) >= 11 is 0. The number of nitrogens with zero attached hydrogens (tertiary/aromatic N) is 1. The maximum absolute atomic E-state index is 11.5. The molecule has 2 heteroatoms. The van der Waals surface area contributed by atoms with Crippen molar-refractivity contribution >= 4 is 5.69 Å². The van der Waals surface area contributed by atoms with Gasteiger partial charge in [-0.25, -0.2) is 0 Å². The fraction of sp³-hybridized carbons (Fsp3) is 0.189. The van der Waals surface area contributed by atoms with Gasteiger partial charge in [-0.1, -0.05) is 103 Å². The molecule has 8 rings (SSSR count). The molecule has 0 saturated carbocycles. The van der Waals surface area contributed by atoms with Crippen molar-refractivity contribution in [2.75, 3.05) is 4.90 Å². The highest BCUT2D eigenvalue weighted by Gasteiger charge is 2.37. The normalized spacial score (nSPS) is 24.5. The number of aliphatic hydroxyl groups excluding tert-OH is 1. The minimum absolute atomic E-state index is 0.425. The first-order valence-electron chi connectivity index (χ1n) is 14.2. The lowest BCUT2D eigenvalue weighted by atomic mass is 9.65. The number of hydrogen-bond acceptors (Lipinski definition) is 2. The second-order valence-corrected chi connectivity index (χ2v) is 11.2. The van der Waals surface area contributed by atoms with Crippen LogP contribution in [0.15, 0.2) is 143 Å². The molecule has 0 saturated heterocycles. The maximum Gasteiger partial charge on any atom is 0.157 e. The summed E-state index contributed by atoms with van der Waals surface area (Å²) in [5, 5.41) is 11.5. The third-order valence-electron chi connectivity index (χ3n) is 9.29. The number of rotatable bonds is 2. The first kappa shape index (κ1) is 22.8. The van der Waals surface area contributed by atoms with E-state index in [0.29, 0.717) is 11.8 Å². The van der Waals surface area contributed by atoms with Crippen molar-refractivity contribution in [2.45, 2.75) is 43.7 Å². The molecule has 190 valence electrons. The van der Waals surface area contributed by atoms with E-state index in [1.54, 1.807) is 0 Å². The van der Waals surface area contributed by atoms with Gasteiger partial charge in [-0.2, -0.15) is 0 Å². The molecule has 0 bridgehead atoms. The molecule has 0 spiro atoms. The number of anilines is 1. The summed E-state index contributed by atoms with van der Waals surface area (Å²) in [6, 6.07) is 25.8. The summed E-state index contributed by atoms with van der Waals surface area (Å²) in [4.78, 5) is 2.14. The molecule has 4 aliphatic carbocycles. The molecule has 1 heterocycles. The fourth-order valence-corrected chi connectivity index (χ4v) is 7.44. The van der Waals surface area contributed by atoms with Gasteiger partial charge in [-0.3, -0.25) is 0 Å². The van der Waals surface area contributed by atoms with Crippen molar-refractivity contribution in [3.63, 3.8) is 0 Å². The Bertz CT molecular complexity index is 1690. The van der Waals surface area contributed by atoms with E-state index in [9.17, 15) is 5.11 Å². The van der Waals surface area contributed by atoms with Gasteiger partial charge < -0.3 is 10.0 Å². The number of fused-ring (bicyclic) bond motifs is 9. The summed E-state index contributed by atoms with van der Waals surface area (Å²) in [5.74, 6) is 0.917. The molecule has 1 aliphatic heterocycles. The highest BCUT2D eigenvalue weighted by atomic mass is 16.3. The van der Waals surface area contributed by atoms with E-state index in [1.165, 1.54) is 44.7 Å². The van der Waals surface area contributed by atoms with Crippen LogP contribution in [0.4, 0.5) is 5.69 Å². The summed E-state index contributed by atoms with van der Waals surface area (Å²) < 4.78 is 0. The Balaban J connectivity index is 1.14. The first-order valence-corrected chi connectivity index (χ1v) is 14.2. The van der Waals surface area contributed by atoms with Gasteiger partial charge >= 0.3 is 0 Å². The first-order chi connectivity index (χ1) is 19.3. The van der Waals surface area contributed by atoms with Crippen LogP contribution in [-0.2, 0) is 0 Å². The van der Waals surface area contributed by atoms with Crippen LogP contribution in [0.5, 0.6) is 0 Å². The molecule has 2 nitrogen and oxygen atoms in total. The van der Waals surface area contributed by atoms with Crippen LogP contribution in [0.2, 0.25) is 0 Å². The lowest BCUT2D eigenvalue weighted by Gasteiger charge is -2.40. The van der Waals surface area contributed by atoms with E-state index < -0.39 is 6.23 Å². The molecule has 0 fully saturated rings. The van der Waals surface area contributed by atoms with Crippen LogP contribution in [0, 0.1) is 0 Å². The third-order valence-corrected chi connectivity index (χ3v) is 9.29. The predicted octanol–water partition coefficient (Wildman–Crippen LogP) is 8.79. The molecule has 39 heavy (non-hydrogen) atoms. The van der Waals surface area contributed by atoms with Crippen LogP contribution >= 0.6 is 0 Å². The molecule has 3 aromatic carbocycles. The number of allylic oxidation sites excluding steroid dienone is 12. The Morgan fingerprint density at radius 3 is 2.13 bits per heavy atom. The standard InChI is InChI=1S/C37H31NO/c39-37-34-15-6-5-13-31(34)33-14-7-8-16-36(33)38(37)26-20-17-24(18-21-26)25-19-22-32-29-11-2-1-9-27(29)28-10-3-4-12-30(28)35(32)23-25/h1-8,10-17,19-20,22,27,35,37,39H,9,18,21,23H2. The molecule has 1 N–H and O–H groups in total. The van der Waals surface area contributed by atoms with E-state index >= 15 is 0 Å². The highest BCUT2D eigenvalue weighted by Crippen LogP contribution is 2.53. The van der Waals surface area contributed by atoms with Crippen molar-refractivity contribution in [3.8, 4) is 11.1 Å². The average molecular weight is 506 g/mol. The topological polar surface area (TPSA) is 23.5 Å². The molecule has 0 aromatic heterocycles. The second-order valence-electron chi connectivity index (χ2n) is 11.2. The molecule has 3 aromatic rings. The van der Waals surface area contributed by atoms with E-state index in [2.05, 4.69) is 114 Å². The fourth-order valence-electron chi connectivity index (χ4n) is 7.44. The molecular weight excluding hydrogens is 474 g/mol. The quantitative estimate of drug-likeness (QED) is 0.376. The van der Waals surface area contributed by atoms with Gasteiger partial charge in [0.05, 0.1) is 5.69 Å². The van der Waals surface area contributed by atoms with Crippen LogP contribution < -0.4 is 4.90 Å². The average Bonchev–Trinajstić information content (AvgIpc) is 3.01. The van der Waals surface area contributed by atoms with Crippen molar-refractivity contribution in [3.05, 3.63) is 160 Å². The third kappa shape index (κ3) is 3.52. The van der Waals surface area contributed by atoms with Crippen LogP contribution in [0.3, 0.4) is 0 Å². The van der Waals surface area contributed by atoms with E-state index in [1.807, 2.05) is 6.07 Å². The van der Waals surface area contributed by atoms with Crippen molar-refractivity contribution < 1.29 is 5.11 Å². The Morgan fingerprint density at radius 2 is 1.31 bits per heavy atom. The van der Waals surface area contributed by atoms with Gasteiger partial charge in [0.25, 0.3) is 0 Å². The summed E-state index contributed by atoms with van der Waals surface area (Å²) in [7, 11) is 0. The van der Waals surface area contributed by atoms with Crippen molar-refractivity contribution in [1.82, 2.24) is 0 Å². The zero-order valence-corrected chi connectivity index (χ0v) is 21.9. The lowest BCUT2D eigenvalue weighted by Crippen LogP contribution is -2.32. The Hall–Kier alpha value is -4.14. The molecule has 3 atom stereocenters. The second kappa shape index (κ2) is 8.97. The summed E-state index contributed by atoms with van der Waals surface area (Å²) in [6.45, 7) is 0. The number of para-hydroxylation sites is 1. The number of hydrogen-bond donors (Lipinski definition) is 1. The van der Waals surface area contributed by atoms with Crippen LogP contribution in [-0.4, -0.2) is 5.11 Å². The van der Waals surface area contributed by atoms with Gasteiger partial charge in [-0.05, 0) is 76.8 Å². The lowest BCUT2D eigenvalue weighted by molar-refractivity contribution is 0.178. The highest BCUT2D eigenvalue weighted by molar-refractivity contribution is 5.85. The van der Waals surface area contributed by atoms with Crippen LogP contribution in [0.1, 0.15) is 60.4 Å². The van der Waals surface area contributed by atoms with Gasteiger partial charge in [0.1, 0.15) is 0 Å². The SMILES string of the molecule is OC1c2ccccc2-c2ccccc2N1C1=CC=C(C2=CC=C3C4=CC=CCC4c4ccccc4C3C2)CC1. The molecule has 0 radical (unpaired) electrons. The van der Waals surface area contributed by atoms with Gasteiger partial charge in [0, 0.05) is 28.7 Å². The largest absolute Gasteiger partial charge is 0.369 e. The summed E-state index contributed by atoms with van der Waals surface area (Å²) in [6.07, 6.45) is 19.6. The van der Waals surface area contributed by atoms with Gasteiger partial charge in [0.15, 0.2) is 6.23 Å². The van der Waals surface area contributed by atoms with Crippen LogP contribution in [0.25, 0.3) is 11.1 Å². The molecule has 5 aliphatic rings. The van der Waals surface area contributed by atoms with E-state index in [0.717, 1.165) is 42.5 Å². The Labute approximate surface area is 230 Å².